The first-order valence-corrected chi connectivity index (χ1v) is 9.68. The number of carbonyl (C=O) groups is 3. The summed E-state index contributed by atoms with van der Waals surface area (Å²) in [4.78, 5) is 45.1. The lowest BCUT2D eigenvalue weighted by Crippen LogP contribution is -2.51. The monoisotopic (exact) mass is 388 g/mol. The standard InChI is InChI=1S/C19H28N6O3/c1-18(2)6-4-12(5-7-18)23-14-13(20-10-11-21-14)15(26)24-25-17(28)19(3)8-9-22-16(19)27/h10-12H,4-9H2,1-3H3,(H,21,23)(H,22,27)(H,24,26)(H,25,28). The molecule has 28 heavy (non-hydrogen) atoms. The van der Waals surface area contributed by atoms with Gasteiger partial charge in [0.25, 0.3) is 11.8 Å². The van der Waals surface area contributed by atoms with Crippen LogP contribution in [0.3, 0.4) is 0 Å². The number of hydrogen-bond donors (Lipinski definition) is 4. The molecule has 4 N–H and O–H groups in total. The Morgan fingerprint density at radius 3 is 2.39 bits per heavy atom. The Labute approximate surface area is 164 Å². The van der Waals surface area contributed by atoms with Gasteiger partial charge in [-0.05, 0) is 44.4 Å². The van der Waals surface area contributed by atoms with Gasteiger partial charge in [0.15, 0.2) is 11.5 Å². The molecule has 1 atom stereocenters. The Hall–Kier alpha value is -2.71. The largest absolute Gasteiger partial charge is 0.365 e. The van der Waals surface area contributed by atoms with Crippen molar-refractivity contribution >= 4 is 23.5 Å². The van der Waals surface area contributed by atoms with Crippen molar-refractivity contribution < 1.29 is 14.4 Å². The van der Waals surface area contributed by atoms with Crippen LogP contribution in [-0.2, 0) is 9.59 Å². The fourth-order valence-electron chi connectivity index (χ4n) is 3.61. The number of rotatable bonds is 4. The van der Waals surface area contributed by atoms with Gasteiger partial charge in [0.05, 0.1) is 0 Å². The number of amides is 3. The predicted octanol–water partition coefficient (Wildman–Crippen LogP) is 1.14. The number of anilines is 1. The molecule has 0 spiro atoms. The minimum Gasteiger partial charge on any atom is -0.365 e. The van der Waals surface area contributed by atoms with Crippen LogP contribution in [-0.4, -0.2) is 40.3 Å². The van der Waals surface area contributed by atoms with E-state index in [4.69, 9.17) is 0 Å². The highest BCUT2D eigenvalue weighted by molar-refractivity contribution is 6.07. The zero-order valence-corrected chi connectivity index (χ0v) is 16.6. The van der Waals surface area contributed by atoms with Crippen LogP contribution >= 0.6 is 0 Å². The summed E-state index contributed by atoms with van der Waals surface area (Å²) in [5, 5.41) is 5.94. The van der Waals surface area contributed by atoms with Gasteiger partial charge in [0, 0.05) is 25.0 Å². The van der Waals surface area contributed by atoms with Crippen molar-refractivity contribution in [3.8, 4) is 0 Å². The summed E-state index contributed by atoms with van der Waals surface area (Å²) in [6.45, 7) is 6.51. The fraction of sp³-hybridized carbons (Fsp3) is 0.632. The zero-order chi connectivity index (χ0) is 20.4. The summed E-state index contributed by atoms with van der Waals surface area (Å²) in [6.07, 6.45) is 7.52. The second-order valence-electron chi connectivity index (χ2n) is 8.58. The lowest BCUT2D eigenvalue weighted by molar-refractivity contribution is -0.140. The molecule has 9 nitrogen and oxygen atoms in total. The average molecular weight is 388 g/mol. The Morgan fingerprint density at radius 2 is 1.75 bits per heavy atom. The molecule has 0 radical (unpaired) electrons. The maximum atomic E-state index is 12.5. The molecule has 1 saturated heterocycles. The zero-order valence-electron chi connectivity index (χ0n) is 16.6. The first kappa shape index (κ1) is 20.0. The third-order valence-corrected chi connectivity index (χ3v) is 5.80. The third-order valence-electron chi connectivity index (χ3n) is 5.80. The summed E-state index contributed by atoms with van der Waals surface area (Å²) >= 11 is 0. The van der Waals surface area contributed by atoms with Crippen molar-refractivity contribution in [2.75, 3.05) is 11.9 Å². The van der Waals surface area contributed by atoms with Gasteiger partial charge in [-0.1, -0.05) is 13.8 Å². The van der Waals surface area contributed by atoms with Crippen molar-refractivity contribution in [2.24, 2.45) is 10.8 Å². The van der Waals surface area contributed by atoms with E-state index in [-0.39, 0.29) is 17.6 Å². The van der Waals surface area contributed by atoms with E-state index >= 15 is 0 Å². The number of carbonyl (C=O) groups excluding carboxylic acids is 3. The van der Waals surface area contributed by atoms with Crippen molar-refractivity contribution in [1.82, 2.24) is 26.1 Å². The highest BCUT2D eigenvalue weighted by Gasteiger charge is 2.44. The molecule has 1 unspecified atom stereocenters. The van der Waals surface area contributed by atoms with Crippen molar-refractivity contribution in [3.63, 3.8) is 0 Å². The molecule has 2 fully saturated rings. The van der Waals surface area contributed by atoms with Crippen LogP contribution in [0.25, 0.3) is 0 Å². The van der Waals surface area contributed by atoms with Gasteiger partial charge in [-0.15, -0.1) is 0 Å². The van der Waals surface area contributed by atoms with Crippen molar-refractivity contribution in [2.45, 2.75) is 58.9 Å². The minimum atomic E-state index is -1.19. The molecule has 1 aromatic rings. The van der Waals surface area contributed by atoms with Gasteiger partial charge >= 0.3 is 0 Å². The summed E-state index contributed by atoms with van der Waals surface area (Å²) in [6, 6.07) is 0.229. The van der Waals surface area contributed by atoms with Crippen LogP contribution in [0, 0.1) is 10.8 Å². The number of nitrogens with zero attached hydrogens (tertiary/aromatic N) is 2. The highest BCUT2D eigenvalue weighted by atomic mass is 16.2. The van der Waals surface area contributed by atoms with E-state index in [1.54, 1.807) is 6.92 Å². The van der Waals surface area contributed by atoms with Crippen molar-refractivity contribution in [3.05, 3.63) is 18.1 Å². The van der Waals surface area contributed by atoms with Crippen molar-refractivity contribution in [1.29, 1.82) is 0 Å². The topological polar surface area (TPSA) is 125 Å². The molecule has 3 amide bonds. The summed E-state index contributed by atoms with van der Waals surface area (Å²) in [5.74, 6) is -1.09. The van der Waals surface area contributed by atoms with Gasteiger partial charge in [-0.2, -0.15) is 0 Å². The Morgan fingerprint density at radius 1 is 1.07 bits per heavy atom. The number of aromatic nitrogens is 2. The third kappa shape index (κ3) is 4.23. The molecule has 1 aliphatic carbocycles. The second kappa shape index (κ2) is 7.73. The first-order chi connectivity index (χ1) is 13.2. The molecular weight excluding hydrogens is 360 g/mol. The van der Waals surface area contributed by atoms with E-state index < -0.39 is 17.2 Å². The molecule has 1 saturated carbocycles. The van der Waals surface area contributed by atoms with Gasteiger partial charge in [-0.3, -0.25) is 25.2 Å². The maximum Gasteiger partial charge on any atom is 0.292 e. The smallest absolute Gasteiger partial charge is 0.292 e. The van der Waals surface area contributed by atoms with Gasteiger partial charge in [0.1, 0.15) is 5.41 Å². The molecule has 3 rings (SSSR count). The fourth-order valence-corrected chi connectivity index (χ4v) is 3.61. The molecule has 2 heterocycles. The van der Waals surface area contributed by atoms with E-state index in [1.165, 1.54) is 12.4 Å². The minimum absolute atomic E-state index is 0.105. The Kier molecular flexibility index (Phi) is 5.53. The predicted molar refractivity (Wildman–Crippen MR) is 103 cm³/mol. The van der Waals surface area contributed by atoms with E-state index in [0.29, 0.717) is 24.2 Å². The molecule has 1 aliphatic heterocycles. The van der Waals surface area contributed by atoms with E-state index in [9.17, 15) is 14.4 Å². The van der Waals surface area contributed by atoms with Crippen LogP contribution < -0.4 is 21.5 Å². The van der Waals surface area contributed by atoms with Crippen LogP contribution in [0.5, 0.6) is 0 Å². The van der Waals surface area contributed by atoms with Crippen LogP contribution in [0.15, 0.2) is 12.4 Å². The molecule has 2 aliphatic rings. The maximum absolute atomic E-state index is 12.5. The summed E-state index contributed by atoms with van der Waals surface area (Å²) in [5.41, 5.74) is 3.95. The molecule has 1 aromatic heterocycles. The quantitative estimate of drug-likeness (QED) is 0.453. The Balaban J connectivity index is 1.61. The average Bonchev–Trinajstić information content (AvgIpc) is 3.01. The molecule has 9 heteroatoms. The second-order valence-corrected chi connectivity index (χ2v) is 8.58. The normalized spacial score (nSPS) is 24.3. The lowest BCUT2D eigenvalue weighted by Gasteiger charge is -2.34. The number of nitrogens with one attached hydrogen (secondary N) is 4. The van der Waals surface area contributed by atoms with E-state index in [2.05, 4.69) is 45.3 Å². The van der Waals surface area contributed by atoms with Gasteiger partial charge in [-0.25, -0.2) is 9.97 Å². The van der Waals surface area contributed by atoms with Gasteiger partial charge < -0.3 is 10.6 Å². The number of hydrogen-bond acceptors (Lipinski definition) is 6. The highest BCUT2D eigenvalue weighted by Crippen LogP contribution is 2.36. The van der Waals surface area contributed by atoms with E-state index in [1.807, 2.05) is 0 Å². The molecule has 0 bridgehead atoms. The SMILES string of the molecule is CC1(C)CCC(Nc2nccnc2C(=O)NNC(=O)C2(C)CCNC2=O)CC1. The van der Waals surface area contributed by atoms with E-state index in [0.717, 1.165) is 25.7 Å². The molecule has 152 valence electrons. The molecular formula is C19H28N6O3. The summed E-state index contributed by atoms with van der Waals surface area (Å²) in [7, 11) is 0. The summed E-state index contributed by atoms with van der Waals surface area (Å²) < 4.78 is 0. The lowest BCUT2D eigenvalue weighted by atomic mass is 9.75. The molecule has 0 aromatic carbocycles. The Bertz CT molecular complexity index is 771. The first-order valence-electron chi connectivity index (χ1n) is 9.68. The van der Waals surface area contributed by atoms with Crippen LogP contribution in [0.2, 0.25) is 0 Å². The van der Waals surface area contributed by atoms with Crippen LogP contribution in [0.1, 0.15) is 63.4 Å². The van der Waals surface area contributed by atoms with Gasteiger partial charge in [0.2, 0.25) is 5.91 Å². The van der Waals surface area contributed by atoms with Crippen LogP contribution in [0.4, 0.5) is 5.82 Å². The number of hydrazine groups is 1.